The molecule has 2 heterocycles. The van der Waals surface area contributed by atoms with E-state index < -0.39 is 18.2 Å². The number of hydrogen-bond acceptors (Lipinski definition) is 6. The van der Waals surface area contributed by atoms with Crippen LogP contribution >= 0.6 is 0 Å². The van der Waals surface area contributed by atoms with Crippen molar-refractivity contribution in [3.63, 3.8) is 0 Å². The Morgan fingerprint density at radius 3 is 2.55 bits per heavy atom. The molecule has 2 fully saturated rings. The van der Waals surface area contributed by atoms with Gasteiger partial charge in [0.2, 0.25) is 0 Å². The van der Waals surface area contributed by atoms with Crippen molar-refractivity contribution in [3.05, 3.63) is 29.8 Å². The van der Waals surface area contributed by atoms with E-state index >= 15 is 0 Å². The Labute approximate surface area is 129 Å². The fraction of sp³-hybridized carbons (Fsp3) is 0.625. The summed E-state index contributed by atoms with van der Waals surface area (Å²) < 4.78 is 28.2. The zero-order chi connectivity index (χ0) is 15.7. The van der Waals surface area contributed by atoms with E-state index in [1.165, 1.54) is 0 Å². The van der Waals surface area contributed by atoms with Crippen LogP contribution in [0.2, 0.25) is 0 Å². The number of rotatable bonds is 5. The summed E-state index contributed by atoms with van der Waals surface area (Å²) in [5.41, 5.74) is 1.01. The molecule has 6 heteroatoms. The van der Waals surface area contributed by atoms with Gasteiger partial charge < -0.3 is 28.8 Å². The number of methoxy groups -OCH3 is 1. The Hall–Kier alpha value is -1.18. The SMILES string of the molecule is COc1ccc(CO[C@H]2[C@@H](CO)OC3OC(C)(C)O[C@@H]32)cc1. The highest BCUT2D eigenvalue weighted by Crippen LogP contribution is 2.38. The van der Waals surface area contributed by atoms with Crippen molar-refractivity contribution in [3.8, 4) is 5.75 Å². The van der Waals surface area contributed by atoms with Crippen molar-refractivity contribution in [2.24, 2.45) is 0 Å². The van der Waals surface area contributed by atoms with Gasteiger partial charge in [-0.25, -0.2) is 0 Å². The Morgan fingerprint density at radius 1 is 1.18 bits per heavy atom. The third-order valence-electron chi connectivity index (χ3n) is 3.87. The molecule has 1 aromatic carbocycles. The molecule has 0 aromatic heterocycles. The molecule has 0 spiro atoms. The fourth-order valence-corrected chi connectivity index (χ4v) is 2.81. The van der Waals surface area contributed by atoms with E-state index in [1.807, 2.05) is 38.1 Å². The quantitative estimate of drug-likeness (QED) is 0.888. The smallest absolute Gasteiger partial charge is 0.190 e. The van der Waals surface area contributed by atoms with Crippen LogP contribution in [0.15, 0.2) is 24.3 Å². The van der Waals surface area contributed by atoms with E-state index in [9.17, 15) is 5.11 Å². The number of hydrogen-bond donors (Lipinski definition) is 1. The first-order chi connectivity index (χ1) is 10.5. The molecule has 0 aliphatic carbocycles. The average Bonchev–Trinajstić information content (AvgIpc) is 2.97. The molecule has 1 unspecified atom stereocenters. The van der Waals surface area contributed by atoms with E-state index in [4.69, 9.17) is 23.7 Å². The molecule has 4 atom stereocenters. The minimum Gasteiger partial charge on any atom is -0.497 e. The lowest BCUT2D eigenvalue weighted by atomic mass is 10.1. The minimum atomic E-state index is -0.697. The highest BCUT2D eigenvalue weighted by Gasteiger charge is 2.55. The molecule has 3 rings (SSSR count). The van der Waals surface area contributed by atoms with Crippen LogP contribution in [0, 0.1) is 0 Å². The van der Waals surface area contributed by atoms with Crippen molar-refractivity contribution < 1.29 is 28.8 Å². The van der Waals surface area contributed by atoms with Crippen LogP contribution in [0.4, 0.5) is 0 Å². The van der Waals surface area contributed by atoms with E-state index in [2.05, 4.69) is 0 Å². The summed E-state index contributed by atoms with van der Waals surface area (Å²) in [5.74, 6) is 0.104. The molecule has 2 aliphatic rings. The summed E-state index contributed by atoms with van der Waals surface area (Å²) in [4.78, 5) is 0. The van der Waals surface area contributed by atoms with Gasteiger partial charge in [-0.05, 0) is 31.5 Å². The summed E-state index contributed by atoms with van der Waals surface area (Å²) in [6.07, 6.45) is -1.62. The molecular weight excluding hydrogens is 288 g/mol. The van der Waals surface area contributed by atoms with Crippen LogP contribution in [0.25, 0.3) is 0 Å². The second-order valence-corrected chi connectivity index (χ2v) is 5.95. The van der Waals surface area contributed by atoms with Gasteiger partial charge in [0.1, 0.15) is 24.1 Å². The van der Waals surface area contributed by atoms with E-state index in [1.54, 1.807) is 7.11 Å². The van der Waals surface area contributed by atoms with Crippen molar-refractivity contribution in [1.29, 1.82) is 0 Å². The second kappa shape index (κ2) is 6.14. The number of benzene rings is 1. The van der Waals surface area contributed by atoms with Gasteiger partial charge in [-0.15, -0.1) is 0 Å². The van der Waals surface area contributed by atoms with Crippen molar-refractivity contribution in [1.82, 2.24) is 0 Å². The summed E-state index contributed by atoms with van der Waals surface area (Å²) in [6.45, 7) is 3.95. The van der Waals surface area contributed by atoms with Gasteiger partial charge in [0.25, 0.3) is 0 Å². The topological polar surface area (TPSA) is 66.4 Å². The molecule has 1 aromatic rings. The number of fused-ring (bicyclic) bond motifs is 1. The maximum Gasteiger partial charge on any atom is 0.190 e. The first kappa shape index (κ1) is 15.7. The molecule has 0 saturated carbocycles. The van der Waals surface area contributed by atoms with Crippen molar-refractivity contribution in [2.75, 3.05) is 13.7 Å². The number of aliphatic hydroxyl groups excluding tert-OH is 1. The zero-order valence-corrected chi connectivity index (χ0v) is 13.0. The van der Waals surface area contributed by atoms with E-state index in [0.29, 0.717) is 6.61 Å². The lowest BCUT2D eigenvalue weighted by Crippen LogP contribution is -2.38. The summed E-state index contributed by atoms with van der Waals surface area (Å²) in [6, 6.07) is 7.65. The van der Waals surface area contributed by atoms with Crippen LogP contribution in [0.1, 0.15) is 19.4 Å². The first-order valence-corrected chi connectivity index (χ1v) is 7.39. The van der Waals surface area contributed by atoms with E-state index in [0.717, 1.165) is 11.3 Å². The summed E-state index contributed by atoms with van der Waals surface area (Å²) in [5, 5.41) is 9.45. The molecular formula is C16H22O6. The third-order valence-corrected chi connectivity index (χ3v) is 3.87. The molecule has 6 nitrogen and oxygen atoms in total. The average molecular weight is 310 g/mol. The van der Waals surface area contributed by atoms with E-state index in [-0.39, 0.29) is 18.8 Å². The van der Waals surface area contributed by atoms with Crippen LogP contribution in [-0.4, -0.2) is 49.2 Å². The van der Waals surface area contributed by atoms with Crippen LogP contribution in [-0.2, 0) is 25.6 Å². The maximum atomic E-state index is 9.45. The van der Waals surface area contributed by atoms with Gasteiger partial charge >= 0.3 is 0 Å². The molecule has 2 aliphatic heterocycles. The van der Waals surface area contributed by atoms with Crippen LogP contribution in [0.3, 0.4) is 0 Å². The molecule has 0 radical (unpaired) electrons. The molecule has 0 amide bonds. The Kier molecular flexibility index (Phi) is 4.38. The third kappa shape index (κ3) is 3.11. The molecule has 122 valence electrons. The lowest BCUT2D eigenvalue weighted by molar-refractivity contribution is -0.222. The minimum absolute atomic E-state index is 0.132. The Balaban J connectivity index is 1.64. The number of ether oxygens (including phenoxy) is 5. The highest BCUT2D eigenvalue weighted by molar-refractivity contribution is 5.26. The van der Waals surface area contributed by atoms with Crippen molar-refractivity contribution in [2.45, 2.75) is 50.8 Å². The molecule has 1 N–H and O–H groups in total. The van der Waals surface area contributed by atoms with Gasteiger partial charge in [0, 0.05) is 0 Å². The van der Waals surface area contributed by atoms with Gasteiger partial charge in [-0.2, -0.15) is 0 Å². The normalized spacial score (nSPS) is 32.9. The van der Waals surface area contributed by atoms with Crippen molar-refractivity contribution >= 4 is 0 Å². The van der Waals surface area contributed by atoms with Gasteiger partial charge in [0.15, 0.2) is 12.1 Å². The monoisotopic (exact) mass is 310 g/mol. The zero-order valence-electron chi connectivity index (χ0n) is 13.0. The van der Waals surface area contributed by atoms with Crippen LogP contribution < -0.4 is 4.74 Å². The van der Waals surface area contributed by atoms with Gasteiger partial charge in [0.05, 0.1) is 20.3 Å². The predicted octanol–water partition coefficient (Wildman–Crippen LogP) is 1.45. The maximum absolute atomic E-state index is 9.45. The van der Waals surface area contributed by atoms with Gasteiger partial charge in [-0.3, -0.25) is 0 Å². The van der Waals surface area contributed by atoms with Crippen LogP contribution in [0.5, 0.6) is 5.75 Å². The summed E-state index contributed by atoms with van der Waals surface area (Å²) in [7, 11) is 1.63. The fourth-order valence-electron chi connectivity index (χ4n) is 2.81. The second-order valence-electron chi connectivity index (χ2n) is 5.95. The highest BCUT2D eigenvalue weighted by atomic mass is 16.8. The predicted molar refractivity (Wildman–Crippen MR) is 77.4 cm³/mol. The standard InChI is InChI=1S/C16H22O6/c1-16(2)21-14-13(12(8-17)20-15(14)22-16)19-9-10-4-6-11(18-3)7-5-10/h4-7,12-15,17H,8-9H2,1-3H3/t12-,13+,14-,15?/m1/s1. The molecule has 2 saturated heterocycles. The molecule has 22 heavy (non-hydrogen) atoms. The lowest BCUT2D eigenvalue weighted by Gasteiger charge is -2.25. The molecule has 0 bridgehead atoms. The first-order valence-electron chi connectivity index (χ1n) is 7.39. The van der Waals surface area contributed by atoms with Gasteiger partial charge in [-0.1, -0.05) is 12.1 Å². The summed E-state index contributed by atoms with van der Waals surface area (Å²) >= 11 is 0. The Bertz CT molecular complexity index is 500. The Morgan fingerprint density at radius 2 is 1.91 bits per heavy atom. The number of aliphatic hydroxyl groups is 1. The largest absolute Gasteiger partial charge is 0.497 e.